The maximum Gasteiger partial charge on any atom is 0.421 e. The monoisotopic (exact) mass is 794 g/mol. The molecule has 0 radical (unpaired) electrons. The van der Waals surface area contributed by atoms with Gasteiger partial charge in [0.2, 0.25) is 17.7 Å². The lowest BCUT2D eigenvalue weighted by Gasteiger charge is -2.40. The number of alkyl halides is 3. The summed E-state index contributed by atoms with van der Waals surface area (Å²) >= 11 is 0. The van der Waals surface area contributed by atoms with Gasteiger partial charge in [-0.05, 0) is 105 Å². The van der Waals surface area contributed by atoms with E-state index in [1.165, 1.54) is 6.20 Å². The third kappa shape index (κ3) is 7.05. The van der Waals surface area contributed by atoms with Gasteiger partial charge in [-0.3, -0.25) is 34.4 Å². The minimum Gasteiger partial charge on any atom is -0.494 e. The number of imide groups is 2. The molecule has 1 atom stereocenters. The molecule has 1 unspecified atom stereocenters. The molecule has 1 saturated carbocycles. The molecule has 9 rings (SSSR count). The SMILES string of the molecule is Cn1c2ccncc2c2ccc(-c3cnc(O[C@H]4C[C@H](CN5CCC(CCOc6ccc7c(c6)C(=O)N(C6CCC(=O)NC6=O)C7=O)CC5)C4)c(C(F)(F)F)c3)cc21. The molecule has 5 aromatic rings. The van der Waals surface area contributed by atoms with Gasteiger partial charge in [-0.25, -0.2) is 4.98 Å². The normalized spacial score (nSPS) is 21.7. The van der Waals surface area contributed by atoms with Crippen LogP contribution in [0.5, 0.6) is 11.6 Å². The van der Waals surface area contributed by atoms with E-state index in [9.17, 15) is 32.3 Å². The molecule has 15 heteroatoms. The van der Waals surface area contributed by atoms with Crippen LogP contribution in [0, 0.1) is 11.8 Å². The van der Waals surface area contributed by atoms with E-state index >= 15 is 0 Å². The van der Waals surface area contributed by atoms with Crippen LogP contribution in [-0.4, -0.2) is 86.4 Å². The predicted octanol–water partition coefficient (Wildman–Crippen LogP) is 6.55. The molecule has 0 spiro atoms. The van der Waals surface area contributed by atoms with E-state index in [0.717, 1.165) is 71.7 Å². The summed E-state index contributed by atoms with van der Waals surface area (Å²) in [6, 6.07) is 12.4. The van der Waals surface area contributed by atoms with Crippen molar-refractivity contribution >= 4 is 45.4 Å². The summed E-state index contributed by atoms with van der Waals surface area (Å²) in [7, 11) is 1.93. The quantitative estimate of drug-likeness (QED) is 0.156. The number of amides is 4. The Labute approximate surface area is 331 Å². The Morgan fingerprint density at radius 1 is 0.845 bits per heavy atom. The van der Waals surface area contributed by atoms with Crippen molar-refractivity contribution in [3.05, 3.63) is 83.8 Å². The third-order valence-corrected chi connectivity index (χ3v) is 12.2. The van der Waals surface area contributed by atoms with Gasteiger partial charge < -0.3 is 18.9 Å². The van der Waals surface area contributed by atoms with Crippen molar-refractivity contribution in [1.82, 2.24) is 29.7 Å². The lowest BCUT2D eigenvalue weighted by molar-refractivity contribution is -0.140. The Hall–Kier alpha value is -5.83. The molecule has 58 heavy (non-hydrogen) atoms. The number of likely N-dealkylation sites (tertiary alicyclic amines) is 1. The largest absolute Gasteiger partial charge is 0.494 e. The minimum absolute atomic E-state index is 0.0572. The zero-order valence-corrected chi connectivity index (χ0v) is 31.8. The van der Waals surface area contributed by atoms with Gasteiger partial charge in [0.25, 0.3) is 11.8 Å². The first kappa shape index (κ1) is 37.7. The number of hydrogen-bond acceptors (Lipinski definition) is 9. The number of fused-ring (bicyclic) bond motifs is 4. The summed E-state index contributed by atoms with van der Waals surface area (Å²) in [5.74, 6) is -1.32. The van der Waals surface area contributed by atoms with E-state index in [4.69, 9.17) is 9.47 Å². The molecule has 3 fully saturated rings. The first-order valence-corrected chi connectivity index (χ1v) is 19.7. The van der Waals surface area contributed by atoms with Crippen LogP contribution in [0.15, 0.2) is 67.1 Å². The maximum atomic E-state index is 14.3. The van der Waals surface area contributed by atoms with Crippen molar-refractivity contribution in [3.8, 4) is 22.8 Å². The Morgan fingerprint density at radius 3 is 2.41 bits per heavy atom. The highest BCUT2D eigenvalue weighted by Crippen LogP contribution is 2.41. The number of aromatic nitrogens is 3. The molecule has 6 heterocycles. The smallest absolute Gasteiger partial charge is 0.421 e. The van der Waals surface area contributed by atoms with E-state index in [2.05, 4.69) is 20.2 Å². The highest BCUT2D eigenvalue weighted by molar-refractivity contribution is 6.23. The Balaban J connectivity index is 0.736. The number of piperidine rings is 2. The third-order valence-electron chi connectivity index (χ3n) is 12.2. The van der Waals surface area contributed by atoms with Crippen molar-refractivity contribution in [2.24, 2.45) is 18.9 Å². The lowest BCUT2D eigenvalue weighted by atomic mass is 9.81. The number of carbonyl (C=O) groups is 4. The number of pyridine rings is 2. The van der Waals surface area contributed by atoms with Gasteiger partial charge in [0.15, 0.2) is 0 Å². The van der Waals surface area contributed by atoms with Gasteiger partial charge in [-0.2, -0.15) is 13.2 Å². The second-order valence-corrected chi connectivity index (χ2v) is 15.9. The van der Waals surface area contributed by atoms with E-state index in [1.54, 1.807) is 30.6 Å². The average molecular weight is 795 g/mol. The number of rotatable bonds is 10. The van der Waals surface area contributed by atoms with Crippen LogP contribution in [0.3, 0.4) is 0 Å². The fourth-order valence-corrected chi connectivity index (χ4v) is 8.92. The van der Waals surface area contributed by atoms with Crippen LogP contribution in [0.25, 0.3) is 32.9 Å². The summed E-state index contributed by atoms with van der Waals surface area (Å²) in [5.41, 5.74) is 2.39. The lowest BCUT2D eigenvalue weighted by Crippen LogP contribution is -2.54. The fourth-order valence-electron chi connectivity index (χ4n) is 8.92. The van der Waals surface area contributed by atoms with Crippen molar-refractivity contribution in [1.29, 1.82) is 0 Å². The van der Waals surface area contributed by atoms with Crippen LogP contribution in [0.2, 0.25) is 0 Å². The number of carbonyl (C=O) groups excluding carboxylic acids is 4. The zero-order chi connectivity index (χ0) is 40.3. The van der Waals surface area contributed by atoms with Crippen LogP contribution in [-0.2, 0) is 22.8 Å². The number of aryl methyl sites for hydroxylation is 1. The molecule has 4 amide bonds. The predicted molar refractivity (Wildman–Crippen MR) is 206 cm³/mol. The van der Waals surface area contributed by atoms with Crippen LogP contribution >= 0.6 is 0 Å². The molecule has 1 N–H and O–H groups in total. The van der Waals surface area contributed by atoms with Gasteiger partial charge in [0, 0.05) is 60.5 Å². The van der Waals surface area contributed by atoms with E-state index in [0.29, 0.717) is 48.2 Å². The van der Waals surface area contributed by atoms with Crippen LogP contribution in [0.1, 0.15) is 71.2 Å². The van der Waals surface area contributed by atoms with Gasteiger partial charge in [-0.1, -0.05) is 12.1 Å². The van der Waals surface area contributed by atoms with Crippen LogP contribution < -0.4 is 14.8 Å². The topological polar surface area (TPSA) is 136 Å². The summed E-state index contributed by atoms with van der Waals surface area (Å²) in [6.07, 6.45) is 4.29. The Morgan fingerprint density at radius 2 is 1.64 bits per heavy atom. The number of ether oxygens (including phenoxy) is 2. The zero-order valence-electron chi connectivity index (χ0n) is 31.8. The molecule has 300 valence electrons. The number of nitrogens with zero attached hydrogens (tertiary/aromatic N) is 5. The average Bonchev–Trinajstić information content (AvgIpc) is 3.62. The number of hydrogen-bond donors (Lipinski definition) is 1. The van der Waals surface area contributed by atoms with Gasteiger partial charge in [-0.15, -0.1) is 0 Å². The highest BCUT2D eigenvalue weighted by Gasteiger charge is 2.45. The molecule has 2 aromatic carbocycles. The van der Waals surface area contributed by atoms with Crippen LogP contribution in [0.4, 0.5) is 13.2 Å². The highest BCUT2D eigenvalue weighted by atomic mass is 19.4. The molecule has 12 nitrogen and oxygen atoms in total. The number of benzene rings is 2. The molecule has 1 aliphatic carbocycles. The molecule has 3 aromatic heterocycles. The number of halogens is 3. The van der Waals surface area contributed by atoms with Crippen molar-refractivity contribution < 1.29 is 41.8 Å². The van der Waals surface area contributed by atoms with E-state index in [-0.39, 0.29) is 36.0 Å². The molecule has 2 saturated heterocycles. The Bertz CT molecular complexity index is 2470. The number of nitrogens with one attached hydrogen (secondary N) is 1. The molecular weight excluding hydrogens is 754 g/mol. The Kier molecular flexibility index (Phi) is 9.65. The van der Waals surface area contributed by atoms with Gasteiger partial charge in [0.05, 0.1) is 23.3 Å². The first-order valence-electron chi connectivity index (χ1n) is 19.7. The standard InChI is InChI=1S/C43H41F3N6O6/c1-50-35-8-12-47-22-33(35)30-4-2-26(19-37(30)50)27-18-34(43(44,45)46)40(48-21-27)58-29-16-25(17-29)23-51-13-9-24(10-14-51)11-15-57-28-3-5-31-32(20-28)42(56)52(41(31)55)36-6-7-38(53)49-39(36)54/h2-5,8,12,18-22,24-25,29,36H,6-7,9-11,13-17,23H2,1H3,(H,49,53,54)/t25-,29-,36?. The fraction of sp³-hybridized carbons (Fsp3) is 0.395. The summed E-state index contributed by atoms with van der Waals surface area (Å²) in [4.78, 5) is 61.8. The van der Waals surface area contributed by atoms with Crippen molar-refractivity contribution in [3.63, 3.8) is 0 Å². The summed E-state index contributed by atoms with van der Waals surface area (Å²) < 4.78 is 56.9. The second-order valence-electron chi connectivity index (χ2n) is 15.9. The van der Waals surface area contributed by atoms with Crippen molar-refractivity contribution in [2.45, 2.75) is 63.3 Å². The minimum atomic E-state index is -4.63. The first-order chi connectivity index (χ1) is 27.9. The second kappa shape index (κ2) is 14.8. The van der Waals surface area contributed by atoms with E-state index in [1.807, 2.05) is 35.9 Å². The summed E-state index contributed by atoms with van der Waals surface area (Å²) in [5, 5.41) is 4.15. The maximum absolute atomic E-state index is 14.3. The molecule has 3 aliphatic heterocycles. The van der Waals surface area contributed by atoms with E-state index < -0.39 is 41.4 Å². The van der Waals surface area contributed by atoms with Crippen molar-refractivity contribution in [2.75, 3.05) is 26.2 Å². The molecular formula is C43H41F3N6O6. The van der Waals surface area contributed by atoms with Gasteiger partial charge in [0.1, 0.15) is 23.5 Å². The van der Waals surface area contributed by atoms with Gasteiger partial charge >= 0.3 is 6.18 Å². The summed E-state index contributed by atoms with van der Waals surface area (Å²) in [6.45, 7) is 3.14. The molecule has 4 aliphatic rings. The molecule has 0 bridgehead atoms.